The molecule has 0 amide bonds. The molecule has 3 heteroatoms. The smallest absolute Gasteiger partial charge is 0.0800 e. The number of nitrogens with zero attached hydrogens (tertiary/aromatic N) is 2. The van der Waals surface area contributed by atoms with Crippen LogP contribution in [-0.2, 0) is 0 Å². The Labute approximate surface area is 80.8 Å². The Balaban J connectivity index is 2.04. The van der Waals surface area contributed by atoms with Gasteiger partial charge < -0.3 is 4.90 Å². The normalized spacial score (nSPS) is 25.6. The van der Waals surface area contributed by atoms with Gasteiger partial charge in [-0.25, -0.2) is 0 Å². The lowest BCUT2D eigenvalue weighted by Crippen LogP contribution is -2.10. The molecule has 2 heterocycles. The lowest BCUT2D eigenvalue weighted by Gasteiger charge is -2.10. The Hall–Kier alpha value is -0.570. The molecular weight excluding hydrogens is 216 g/mol. The maximum Gasteiger partial charge on any atom is 0.0800 e. The molecule has 2 aliphatic rings. The molecule has 0 unspecified atom stereocenters. The predicted molar refractivity (Wildman–Crippen MR) is 54.4 cm³/mol. The molecule has 64 valence electrons. The first-order valence-corrected chi connectivity index (χ1v) is 5.01. The van der Waals surface area contributed by atoms with E-state index in [2.05, 4.69) is 32.0 Å². The van der Waals surface area contributed by atoms with Gasteiger partial charge in [0.25, 0.3) is 0 Å². The van der Waals surface area contributed by atoms with Gasteiger partial charge in [-0.05, 0) is 34.8 Å². The topological polar surface area (TPSA) is 15.6 Å². The van der Waals surface area contributed by atoms with Crippen LogP contribution in [0.5, 0.6) is 0 Å². The largest absolute Gasteiger partial charge is 0.376 e. The number of likely N-dealkylation sites (tertiary alicyclic amines) is 1. The van der Waals surface area contributed by atoms with Gasteiger partial charge in [-0.2, -0.15) is 0 Å². The Kier molecular flexibility index (Phi) is 2.30. The third-order valence-corrected chi connectivity index (χ3v) is 2.51. The highest BCUT2D eigenvalue weighted by Gasteiger charge is 2.09. The highest BCUT2D eigenvalue weighted by Crippen LogP contribution is 2.17. The van der Waals surface area contributed by atoms with E-state index in [0.29, 0.717) is 0 Å². The molecule has 0 spiro atoms. The standard InChI is InChI=1S/C9H11BrN2/c10-8-5-9(11-6-8)7-12-3-1-2-4-12/h5-7H,1-4H2/b9-7+. The second kappa shape index (κ2) is 3.44. The van der Waals surface area contributed by atoms with Crippen LogP contribution in [-0.4, -0.2) is 24.2 Å². The van der Waals surface area contributed by atoms with Crippen LogP contribution in [0.4, 0.5) is 0 Å². The summed E-state index contributed by atoms with van der Waals surface area (Å²) < 4.78 is 1.06. The van der Waals surface area contributed by atoms with Crippen molar-refractivity contribution in [2.24, 2.45) is 4.99 Å². The molecule has 0 aromatic heterocycles. The van der Waals surface area contributed by atoms with Crippen LogP contribution in [0.1, 0.15) is 12.8 Å². The fourth-order valence-corrected chi connectivity index (χ4v) is 1.82. The van der Waals surface area contributed by atoms with E-state index in [1.807, 2.05) is 12.3 Å². The third kappa shape index (κ3) is 1.78. The summed E-state index contributed by atoms with van der Waals surface area (Å²) >= 11 is 3.38. The number of allylic oxidation sites excluding steroid dienone is 2. The van der Waals surface area contributed by atoms with Crippen LogP contribution >= 0.6 is 15.9 Å². The van der Waals surface area contributed by atoms with E-state index in [0.717, 1.165) is 10.2 Å². The lowest BCUT2D eigenvalue weighted by atomic mass is 10.4. The lowest BCUT2D eigenvalue weighted by molar-refractivity contribution is 0.465. The summed E-state index contributed by atoms with van der Waals surface area (Å²) in [6.45, 7) is 2.37. The monoisotopic (exact) mass is 226 g/mol. The van der Waals surface area contributed by atoms with E-state index in [4.69, 9.17) is 0 Å². The summed E-state index contributed by atoms with van der Waals surface area (Å²) in [5.41, 5.74) is 1.06. The number of hydrogen-bond donors (Lipinski definition) is 0. The minimum atomic E-state index is 1.06. The van der Waals surface area contributed by atoms with Gasteiger partial charge in [-0.15, -0.1) is 0 Å². The SMILES string of the molecule is BrC1=C/C(=C\N2CCCC2)N=C1. The summed E-state index contributed by atoms with van der Waals surface area (Å²) in [6, 6.07) is 0. The fraction of sp³-hybridized carbons (Fsp3) is 0.444. The molecule has 2 aliphatic heterocycles. The van der Waals surface area contributed by atoms with Crippen molar-refractivity contribution in [1.29, 1.82) is 0 Å². The number of aliphatic imine (C=N–C) groups is 1. The summed E-state index contributed by atoms with van der Waals surface area (Å²) in [6.07, 6.45) is 8.65. The molecule has 1 fully saturated rings. The van der Waals surface area contributed by atoms with E-state index in [1.165, 1.54) is 25.9 Å². The molecule has 0 atom stereocenters. The summed E-state index contributed by atoms with van der Waals surface area (Å²) in [5.74, 6) is 0. The van der Waals surface area contributed by atoms with Crippen LogP contribution in [0.25, 0.3) is 0 Å². The molecule has 0 aromatic rings. The zero-order valence-corrected chi connectivity index (χ0v) is 8.42. The van der Waals surface area contributed by atoms with Crippen molar-refractivity contribution in [3.63, 3.8) is 0 Å². The molecule has 0 bridgehead atoms. The quantitative estimate of drug-likeness (QED) is 0.671. The Bertz CT molecular complexity index is 260. The van der Waals surface area contributed by atoms with Crippen LogP contribution < -0.4 is 0 Å². The third-order valence-electron chi connectivity index (χ3n) is 2.08. The first kappa shape index (κ1) is 8.05. The van der Waals surface area contributed by atoms with Crippen molar-refractivity contribution in [3.05, 3.63) is 22.5 Å². The highest BCUT2D eigenvalue weighted by molar-refractivity contribution is 9.12. The Morgan fingerprint density at radius 2 is 2.17 bits per heavy atom. The minimum absolute atomic E-state index is 1.06. The predicted octanol–water partition coefficient (Wildman–Crippen LogP) is 2.29. The van der Waals surface area contributed by atoms with Crippen molar-refractivity contribution in [2.45, 2.75) is 12.8 Å². The minimum Gasteiger partial charge on any atom is -0.376 e. The summed E-state index contributed by atoms with van der Waals surface area (Å²) in [4.78, 5) is 6.56. The second-order valence-corrected chi connectivity index (χ2v) is 4.00. The molecule has 0 aromatic carbocycles. The van der Waals surface area contributed by atoms with E-state index in [1.54, 1.807) is 0 Å². The highest BCUT2D eigenvalue weighted by atomic mass is 79.9. The first-order valence-electron chi connectivity index (χ1n) is 4.22. The average molecular weight is 227 g/mol. The first-order chi connectivity index (χ1) is 5.84. The summed E-state index contributed by atoms with van der Waals surface area (Å²) in [7, 11) is 0. The maximum atomic E-state index is 4.24. The fourth-order valence-electron chi connectivity index (χ4n) is 1.48. The molecule has 2 rings (SSSR count). The number of rotatable bonds is 1. The Morgan fingerprint density at radius 1 is 1.42 bits per heavy atom. The number of halogens is 1. The van der Waals surface area contributed by atoms with Crippen molar-refractivity contribution in [1.82, 2.24) is 4.90 Å². The zero-order valence-electron chi connectivity index (χ0n) is 6.83. The van der Waals surface area contributed by atoms with Crippen LogP contribution in [0.2, 0.25) is 0 Å². The van der Waals surface area contributed by atoms with Crippen molar-refractivity contribution in [2.75, 3.05) is 13.1 Å². The van der Waals surface area contributed by atoms with Gasteiger partial charge in [0.15, 0.2) is 0 Å². The molecule has 0 saturated carbocycles. The Morgan fingerprint density at radius 3 is 2.75 bits per heavy atom. The van der Waals surface area contributed by atoms with E-state index >= 15 is 0 Å². The molecule has 0 N–H and O–H groups in total. The second-order valence-electron chi connectivity index (χ2n) is 3.08. The zero-order chi connectivity index (χ0) is 8.39. The molecule has 12 heavy (non-hydrogen) atoms. The van der Waals surface area contributed by atoms with Gasteiger partial charge in [0.1, 0.15) is 0 Å². The molecule has 0 radical (unpaired) electrons. The van der Waals surface area contributed by atoms with Gasteiger partial charge in [-0.1, -0.05) is 0 Å². The van der Waals surface area contributed by atoms with Gasteiger partial charge in [-0.3, -0.25) is 4.99 Å². The van der Waals surface area contributed by atoms with E-state index in [9.17, 15) is 0 Å². The average Bonchev–Trinajstić information content (AvgIpc) is 2.63. The van der Waals surface area contributed by atoms with Gasteiger partial charge in [0.2, 0.25) is 0 Å². The number of hydrogen-bond acceptors (Lipinski definition) is 2. The van der Waals surface area contributed by atoms with Gasteiger partial charge in [0.05, 0.1) is 5.70 Å². The molecule has 0 aliphatic carbocycles. The van der Waals surface area contributed by atoms with E-state index < -0.39 is 0 Å². The summed E-state index contributed by atoms with van der Waals surface area (Å²) in [5, 5.41) is 0. The molecule has 2 nitrogen and oxygen atoms in total. The van der Waals surface area contributed by atoms with Crippen LogP contribution in [0.3, 0.4) is 0 Å². The van der Waals surface area contributed by atoms with Gasteiger partial charge in [0, 0.05) is 30.0 Å². The molecule has 1 saturated heterocycles. The molecular formula is C9H11BrN2. The van der Waals surface area contributed by atoms with Crippen molar-refractivity contribution in [3.8, 4) is 0 Å². The van der Waals surface area contributed by atoms with Crippen molar-refractivity contribution >= 4 is 22.1 Å². The maximum absolute atomic E-state index is 4.24. The van der Waals surface area contributed by atoms with Gasteiger partial charge >= 0.3 is 0 Å². The van der Waals surface area contributed by atoms with Crippen LogP contribution in [0.15, 0.2) is 27.4 Å². The van der Waals surface area contributed by atoms with Crippen LogP contribution in [0, 0.1) is 0 Å². The van der Waals surface area contributed by atoms with Crippen molar-refractivity contribution < 1.29 is 0 Å². The van der Waals surface area contributed by atoms with E-state index in [-0.39, 0.29) is 0 Å².